The molecular formula is C20H16Li2N2O10S3. The van der Waals surface area contributed by atoms with Crippen LogP contribution in [0.5, 0.6) is 0 Å². The third-order valence-corrected chi connectivity index (χ3v) is 8.35. The van der Waals surface area contributed by atoms with Crippen LogP contribution in [0.2, 0.25) is 0 Å². The maximum absolute atomic E-state index is 13.4. The number of nitrogen functional groups attached to an aromatic ring is 1. The van der Waals surface area contributed by atoms with Gasteiger partial charge in [0, 0.05) is 16.2 Å². The summed E-state index contributed by atoms with van der Waals surface area (Å²) in [5.41, 5.74) is 4.02. The fourth-order valence-electron chi connectivity index (χ4n) is 3.70. The van der Waals surface area contributed by atoms with Crippen molar-refractivity contribution in [1.29, 1.82) is 0 Å². The van der Waals surface area contributed by atoms with Crippen molar-refractivity contribution in [3.63, 3.8) is 0 Å². The summed E-state index contributed by atoms with van der Waals surface area (Å²) >= 11 is 0. The van der Waals surface area contributed by atoms with Gasteiger partial charge in [-0.15, -0.1) is 0 Å². The van der Waals surface area contributed by atoms with Crippen LogP contribution in [-0.4, -0.2) is 83.9 Å². The van der Waals surface area contributed by atoms with Crippen LogP contribution < -0.4 is 10.6 Å². The van der Waals surface area contributed by atoms with Crippen LogP contribution in [-0.2, 0) is 30.1 Å². The van der Waals surface area contributed by atoms with E-state index in [0.717, 1.165) is 24.3 Å². The molecule has 1 aliphatic rings. The minimum absolute atomic E-state index is 0. The quantitative estimate of drug-likeness (QED) is 0.170. The fourth-order valence-corrected chi connectivity index (χ4v) is 5.63. The van der Waals surface area contributed by atoms with Gasteiger partial charge in [-0.2, -0.15) is 16.8 Å². The first-order valence-electron chi connectivity index (χ1n) is 9.29. The summed E-state index contributed by atoms with van der Waals surface area (Å²) in [6, 6.07) is 6.86. The zero-order valence-corrected chi connectivity index (χ0v) is 19.7. The van der Waals surface area contributed by atoms with Gasteiger partial charge in [0.1, 0.15) is 4.90 Å². The molecule has 2 amide bonds. The number of hydrogen-bond acceptors (Lipinski definition) is 9. The van der Waals surface area contributed by atoms with Crippen molar-refractivity contribution in [1.82, 2.24) is 0 Å². The van der Waals surface area contributed by atoms with Crippen LogP contribution in [0.1, 0.15) is 20.7 Å². The molecule has 3 aromatic carbocycles. The van der Waals surface area contributed by atoms with Gasteiger partial charge >= 0.3 is 37.7 Å². The van der Waals surface area contributed by atoms with Crippen molar-refractivity contribution < 1.29 is 43.9 Å². The van der Waals surface area contributed by atoms with Crippen molar-refractivity contribution in [3.05, 3.63) is 65.6 Å². The Labute approximate surface area is 235 Å². The molecule has 17 heteroatoms. The van der Waals surface area contributed by atoms with Crippen LogP contribution in [0.4, 0.5) is 11.4 Å². The summed E-state index contributed by atoms with van der Waals surface area (Å²) in [5, 5.41) is 0.0367. The SMILES string of the molecule is C=CS(=O)(=O)c1cccc(N2C(=O)c3cc(S(=O)(=O)O)cc4c(N)c(S(=O)(=O)O)cc(c34)C2=O)c1.[LiH].[LiH]. The average molecular weight is 554 g/mol. The minimum atomic E-state index is -5.03. The third kappa shape index (κ3) is 5.15. The first kappa shape index (κ1) is 30.8. The second-order valence-corrected chi connectivity index (χ2v) is 12.0. The number of anilines is 2. The van der Waals surface area contributed by atoms with E-state index < -0.39 is 73.9 Å². The topological polar surface area (TPSA) is 206 Å². The molecule has 0 radical (unpaired) electrons. The average Bonchev–Trinajstić information content (AvgIpc) is 2.77. The van der Waals surface area contributed by atoms with Gasteiger partial charge in [0.25, 0.3) is 32.1 Å². The molecule has 0 bridgehead atoms. The summed E-state index contributed by atoms with van der Waals surface area (Å²) in [6.45, 7) is 3.20. The fraction of sp³-hybridized carbons (Fsp3) is 0. The molecule has 4 rings (SSSR count). The standard InChI is InChI=1S/C20H14N2O10S3.2Li.2H/c1-2-33(25,26)11-5-3-4-10(6-11)22-19(23)14-8-12(34(27,28)29)7-13-17(14)15(20(22)24)9-16(18(13)21)35(30,31)32;;;;/h2-9H,1,21H2,(H,27,28,29)(H,30,31,32);;;;. The van der Waals surface area contributed by atoms with Gasteiger partial charge in [0.15, 0.2) is 9.84 Å². The normalized spacial score (nSPS) is 13.6. The van der Waals surface area contributed by atoms with E-state index in [1.54, 1.807) is 0 Å². The van der Waals surface area contributed by atoms with E-state index in [-0.39, 0.29) is 53.7 Å². The maximum atomic E-state index is 13.4. The molecule has 186 valence electrons. The molecule has 37 heavy (non-hydrogen) atoms. The molecule has 1 aliphatic heterocycles. The summed E-state index contributed by atoms with van der Waals surface area (Å²) in [4.78, 5) is 25.1. The number of benzene rings is 3. The molecule has 4 N–H and O–H groups in total. The second-order valence-electron chi connectivity index (χ2n) is 7.33. The molecule has 3 aromatic rings. The van der Waals surface area contributed by atoms with Crippen LogP contribution >= 0.6 is 0 Å². The molecule has 0 aliphatic carbocycles. The Morgan fingerprint density at radius 1 is 0.811 bits per heavy atom. The molecule has 0 atom stereocenters. The van der Waals surface area contributed by atoms with Gasteiger partial charge in [-0.05, 0) is 36.4 Å². The van der Waals surface area contributed by atoms with Crippen molar-refractivity contribution in [3.8, 4) is 0 Å². The van der Waals surface area contributed by atoms with Gasteiger partial charge < -0.3 is 5.73 Å². The number of hydrogen-bond donors (Lipinski definition) is 3. The van der Waals surface area contributed by atoms with Crippen molar-refractivity contribution in [2.45, 2.75) is 14.7 Å². The molecule has 1 heterocycles. The van der Waals surface area contributed by atoms with E-state index in [2.05, 4.69) is 6.58 Å². The second kappa shape index (κ2) is 10.0. The number of nitrogens with zero attached hydrogens (tertiary/aromatic N) is 1. The summed E-state index contributed by atoms with van der Waals surface area (Å²) in [7, 11) is -13.9. The number of nitrogens with two attached hydrogens (primary N) is 1. The molecule has 0 unspecified atom stereocenters. The Balaban J connectivity index is 0.00000241. The number of sulfone groups is 1. The van der Waals surface area contributed by atoms with Crippen LogP contribution in [0.25, 0.3) is 10.8 Å². The van der Waals surface area contributed by atoms with Gasteiger partial charge in [0.05, 0.1) is 32.3 Å². The Morgan fingerprint density at radius 3 is 1.89 bits per heavy atom. The van der Waals surface area contributed by atoms with Crippen molar-refractivity contribution >= 4 is 102 Å². The van der Waals surface area contributed by atoms with Crippen LogP contribution in [0, 0.1) is 0 Å². The van der Waals surface area contributed by atoms with E-state index >= 15 is 0 Å². The molecule has 0 fully saturated rings. The zero-order valence-electron chi connectivity index (χ0n) is 17.2. The molecule has 0 aromatic heterocycles. The van der Waals surface area contributed by atoms with Gasteiger partial charge in [-0.1, -0.05) is 12.6 Å². The first-order valence-corrected chi connectivity index (χ1v) is 13.7. The Bertz CT molecular complexity index is 1820. The zero-order chi connectivity index (χ0) is 26.1. The summed E-state index contributed by atoms with van der Waals surface area (Å²) in [6.07, 6.45) is 0. The van der Waals surface area contributed by atoms with Crippen molar-refractivity contribution in [2.24, 2.45) is 0 Å². The Morgan fingerprint density at radius 2 is 1.38 bits per heavy atom. The van der Waals surface area contributed by atoms with E-state index in [1.165, 1.54) is 18.2 Å². The predicted molar refractivity (Wildman–Crippen MR) is 137 cm³/mol. The van der Waals surface area contributed by atoms with Crippen LogP contribution in [0.15, 0.2) is 69.1 Å². The van der Waals surface area contributed by atoms with E-state index in [0.29, 0.717) is 10.3 Å². The van der Waals surface area contributed by atoms with Crippen molar-refractivity contribution in [2.75, 3.05) is 10.6 Å². The number of amides is 2. The predicted octanol–water partition coefficient (Wildman–Crippen LogP) is 0.336. The van der Waals surface area contributed by atoms with Gasteiger partial charge in [0.2, 0.25) is 0 Å². The van der Waals surface area contributed by atoms with Gasteiger partial charge in [-0.3, -0.25) is 18.7 Å². The number of imide groups is 1. The van der Waals surface area contributed by atoms with E-state index in [9.17, 15) is 43.9 Å². The van der Waals surface area contributed by atoms with E-state index in [1.807, 2.05) is 0 Å². The first-order chi connectivity index (χ1) is 16.1. The van der Waals surface area contributed by atoms with E-state index in [4.69, 9.17) is 5.73 Å². The number of carbonyl (C=O) groups is 2. The molecule has 0 saturated heterocycles. The monoisotopic (exact) mass is 554 g/mol. The summed E-state index contributed by atoms with van der Waals surface area (Å²) in [5.74, 6) is -2.21. The Kier molecular flexibility index (Phi) is 8.35. The third-order valence-electron chi connectivity index (χ3n) is 5.28. The number of carbonyl (C=O) groups excluding carboxylic acids is 2. The van der Waals surface area contributed by atoms with Gasteiger partial charge in [-0.25, -0.2) is 13.3 Å². The molecule has 0 saturated carbocycles. The molecule has 0 spiro atoms. The molecule has 12 nitrogen and oxygen atoms in total. The van der Waals surface area contributed by atoms with Crippen LogP contribution in [0.3, 0.4) is 0 Å². The summed E-state index contributed by atoms with van der Waals surface area (Å²) < 4.78 is 91.0. The Hall–Kier alpha value is -2.44. The number of rotatable bonds is 5. The molecular weight excluding hydrogens is 538 g/mol.